The summed E-state index contributed by atoms with van der Waals surface area (Å²) in [6, 6.07) is 18.5. The normalized spacial score (nSPS) is 11.4. The number of nitriles is 4. The number of alkyl halides is 1. The molecule has 6 rings (SSSR count). The number of nitrogen functional groups attached to an aromatic ring is 2. The molecule has 0 bridgehead atoms. The SMILES string of the molecule is N#Cc1c(N)[nH]c(=S)c(C#N)c1-c1ccc2c(c1)OCO2.N#Cc1c(N)nc(SCCO)c(C#N)c1-c1ccc2c(c1)OCO2.OCCBr. The van der Waals surface area contributed by atoms with E-state index in [1.807, 2.05) is 18.2 Å². The molecule has 0 fully saturated rings. The molecular weight excluding hydrogens is 736 g/mol. The average Bonchev–Trinajstić information content (AvgIpc) is 3.79. The number of halogens is 1. The summed E-state index contributed by atoms with van der Waals surface area (Å²) < 4.78 is 21.4. The highest BCUT2D eigenvalue weighted by atomic mass is 79.9. The van der Waals surface area contributed by atoms with Crippen molar-refractivity contribution in [3.8, 4) is 69.5 Å². The van der Waals surface area contributed by atoms with Gasteiger partial charge in [0, 0.05) is 22.2 Å². The summed E-state index contributed by atoms with van der Waals surface area (Å²) in [6.45, 7) is 0.452. The van der Waals surface area contributed by atoms with Crippen LogP contribution in [-0.2, 0) is 0 Å². The first kappa shape index (κ1) is 36.3. The monoisotopic (exact) mass is 760 g/mol. The van der Waals surface area contributed by atoms with Gasteiger partial charge in [0.2, 0.25) is 13.6 Å². The predicted molar refractivity (Wildman–Crippen MR) is 185 cm³/mol. The van der Waals surface area contributed by atoms with Crippen LogP contribution in [0.1, 0.15) is 22.3 Å². The Morgan fingerprint density at radius 2 is 1.27 bits per heavy atom. The van der Waals surface area contributed by atoms with E-state index < -0.39 is 0 Å². The highest BCUT2D eigenvalue weighted by Crippen LogP contribution is 2.41. The summed E-state index contributed by atoms with van der Waals surface area (Å²) in [5.74, 6) is 2.86. The zero-order chi connectivity index (χ0) is 35.5. The van der Waals surface area contributed by atoms with E-state index in [0.29, 0.717) is 61.4 Å². The van der Waals surface area contributed by atoms with Gasteiger partial charge in [0.1, 0.15) is 56.7 Å². The standard InChI is InChI=1S/C16H12N4O3S.C14H8N4O2S.C2H5BrO/c17-6-10-14(9-1-2-12-13(5-9)23-8-22-12)11(7-18)16(20-15(10)19)24-4-3-21;15-4-8-12(9(5-16)14(21)18-13(8)17)7-1-2-10-11(3-7)20-6-19-10;3-1-2-4/h1-2,5,21H,3-4,8H2,(H2,19,20);1-3H,6H2,(H3,17,18,21);4H,1-2H2. The van der Waals surface area contributed by atoms with E-state index in [0.717, 1.165) is 0 Å². The Labute approximate surface area is 297 Å². The number of nitrogens with two attached hydrogens (primary N) is 2. The number of aromatic amines is 1. The van der Waals surface area contributed by atoms with Gasteiger partial charge in [0.25, 0.3) is 0 Å². The number of aromatic nitrogens is 2. The Hall–Kier alpha value is -5.53. The fraction of sp³-hybridized carbons (Fsp3) is 0.188. The molecule has 0 saturated heterocycles. The third kappa shape index (κ3) is 7.96. The van der Waals surface area contributed by atoms with E-state index in [4.69, 9.17) is 52.8 Å². The summed E-state index contributed by atoms with van der Waals surface area (Å²) in [6.07, 6.45) is 0. The van der Waals surface area contributed by atoms with E-state index in [2.05, 4.69) is 32.0 Å². The number of thioether (sulfide) groups is 1. The number of H-pyrrole nitrogens is 1. The quantitative estimate of drug-likeness (QED) is 0.101. The molecule has 4 aromatic rings. The highest BCUT2D eigenvalue weighted by molar-refractivity contribution is 9.09. The number of hydrogen-bond acceptors (Lipinski definition) is 15. The van der Waals surface area contributed by atoms with Crippen molar-refractivity contribution >= 4 is 51.5 Å². The molecule has 14 nitrogen and oxygen atoms in total. The molecule has 7 N–H and O–H groups in total. The summed E-state index contributed by atoms with van der Waals surface area (Å²) >= 11 is 9.32. The number of pyridine rings is 2. The van der Waals surface area contributed by atoms with Crippen LogP contribution in [0.2, 0.25) is 0 Å². The number of benzene rings is 2. The highest BCUT2D eigenvalue weighted by Gasteiger charge is 2.23. The molecule has 248 valence electrons. The average molecular weight is 762 g/mol. The van der Waals surface area contributed by atoms with Crippen LogP contribution in [0, 0.1) is 50.0 Å². The maximum Gasteiger partial charge on any atom is 0.231 e. The summed E-state index contributed by atoms with van der Waals surface area (Å²) in [7, 11) is 0. The van der Waals surface area contributed by atoms with Gasteiger partial charge in [-0.15, -0.1) is 11.8 Å². The van der Waals surface area contributed by atoms with Crippen molar-refractivity contribution in [3.05, 3.63) is 63.3 Å². The van der Waals surface area contributed by atoms with Crippen LogP contribution in [0.3, 0.4) is 0 Å². The largest absolute Gasteiger partial charge is 0.454 e. The molecule has 0 atom stereocenters. The molecule has 0 amide bonds. The molecule has 2 aromatic carbocycles. The van der Waals surface area contributed by atoms with Crippen LogP contribution >= 0.6 is 39.9 Å². The van der Waals surface area contributed by atoms with Gasteiger partial charge in [0.05, 0.1) is 24.3 Å². The van der Waals surface area contributed by atoms with Gasteiger partial charge in [-0.05, 0) is 35.4 Å². The lowest BCUT2D eigenvalue weighted by Gasteiger charge is -2.13. The second kappa shape index (κ2) is 17.0. The third-order valence-electron chi connectivity index (χ3n) is 6.62. The van der Waals surface area contributed by atoms with E-state index >= 15 is 0 Å². The lowest BCUT2D eigenvalue weighted by atomic mass is 9.96. The number of fused-ring (bicyclic) bond motifs is 2. The first-order valence-corrected chi connectivity index (χ1v) is 16.5. The Morgan fingerprint density at radius 3 is 1.73 bits per heavy atom. The molecule has 0 radical (unpaired) electrons. The van der Waals surface area contributed by atoms with Crippen LogP contribution in [-0.4, -0.2) is 58.1 Å². The summed E-state index contributed by atoms with van der Waals surface area (Å²) in [5.41, 5.74) is 14.5. The minimum absolute atomic E-state index is 0.0459. The van der Waals surface area contributed by atoms with Crippen LogP contribution < -0.4 is 30.4 Å². The molecule has 49 heavy (non-hydrogen) atoms. The molecular formula is C32H25BrN8O6S2. The number of rotatable bonds is 6. The fourth-order valence-electron chi connectivity index (χ4n) is 4.57. The van der Waals surface area contributed by atoms with Crippen molar-refractivity contribution in [1.29, 1.82) is 21.0 Å². The van der Waals surface area contributed by atoms with Gasteiger partial charge in [0.15, 0.2) is 23.0 Å². The second-order valence-electron chi connectivity index (χ2n) is 9.49. The first-order chi connectivity index (χ1) is 23.8. The van der Waals surface area contributed by atoms with Gasteiger partial charge >= 0.3 is 0 Å². The number of nitrogens with one attached hydrogen (secondary N) is 1. The molecule has 4 heterocycles. The van der Waals surface area contributed by atoms with Crippen molar-refractivity contribution in [3.63, 3.8) is 0 Å². The predicted octanol–water partition coefficient (Wildman–Crippen LogP) is 4.73. The summed E-state index contributed by atoms with van der Waals surface area (Å²) in [4.78, 5) is 6.80. The smallest absolute Gasteiger partial charge is 0.231 e. The van der Waals surface area contributed by atoms with Crippen molar-refractivity contribution in [2.45, 2.75) is 5.03 Å². The Kier molecular flexibility index (Phi) is 12.6. The number of anilines is 2. The van der Waals surface area contributed by atoms with Gasteiger partial charge in [-0.3, -0.25) is 0 Å². The molecule has 0 spiro atoms. The number of ether oxygens (including phenoxy) is 4. The lowest BCUT2D eigenvalue weighted by Crippen LogP contribution is -2.04. The Bertz CT molecular complexity index is 2120. The van der Waals surface area contributed by atoms with Gasteiger partial charge in [-0.2, -0.15) is 21.0 Å². The van der Waals surface area contributed by atoms with E-state index in [1.165, 1.54) is 11.8 Å². The fourth-order valence-corrected chi connectivity index (χ4v) is 5.57. The topological polar surface area (TPSA) is 253 Å². The molecule has 2 aromatic heterocycles. The van der Waals surface area contributed by atoms with Crippen molar-refractivity contribution in [2.24, 2.45) is 0 Å². The zero-order valence-corrected chi connectivity index (χ0v) is 28.5. The lowest BCUT2D eigenvalue weighted by molar-refractivity contribution is 0.173. The van der Waals surface area contributed by atoms with E-state index in [-0.39, 0.29) is 65.3 Å². The molecule has 0 unspecified atom stereocenters. The maximum atomic E-state index is 9.59. The first-order valence-electron chi connectivity index (χ1n) is 14.0. The zero-order valence-electron chi connectivity index (χ0n) is 25.3. The van der Waals surface area contributed by atoms with Crippen LogP contribution in [0.5, 0.6) is 23.0 Å². The molecule has 2 aliphatic rings. The molecule has 0 saturated carbocycles. The number of aliphatic hydroxyl groups is 2. The van der Waals surface area contributed by atoms with Crippen molar-refractivity contribution in [2.75, 3.05) is 49.3 Å². The number of hydrogen-bond donors (Lipinski definition) is 5. The molecule has 0 aliphatic carbocycles. The summed E-state index contributed by atoms with van der Waals surface area (Å²) in [5, 5.41) is 55.6. The van der Waals surface area contributed by atoms with Crippen LogP contribution in [0.15, 0.2) is 41.4 Å². The van der Waals surface area contributed by atoms with Crippen LogP contribution in [0.25, 0.3) is 22.3 Å². The number of nitrogens with zero attached hydrogens (tertiary/aromatic N) is 5. The maximum absolute atomic E-state index is 9.59. The van der Waals surface area contributed by atoms with E-state index in [1.54, 1.807) is 36.4 Å². The second-order valence-corrected chi connectivity index (χ2v) is 11.8. The minimum atomic E-state index is -0.0590. The molecule has 2 aliphatic heterocycles. The third-order valence-corrected chi connectivity index (χ3v) is 8.24. The van der Waals surface area contributed by atoms with Crippen molar-refractivity contribution in [1.82, 2.24) is 9.97 Å². The Balaban J connectivity index is 0.000000201. The van der Waals surface area contributed by atoms with Crippen LogP contribution in [0.4, 0.5) is 11.6 Å². The van der Waals surface area contributed by atoms with E-state index in [9.17, 15) is 21.0 Å². The van der Waals surface area contributed by atoms with Gasteiger partial charge in [-0.1, -0.05) is 40.3 Å². The Morgan fingerprint density at radius 1 is 0.776 bits per heavy atom. The minimum Gasteiger partial charge on any atom is -0.454 e. The van der Waals surface area contributed by atoms with Gasteiger partial charge in [-0.25, -0.2) is 4.98 Å². The number of aliphatic hydroxyl groups excluding tert-OH is 2. The molecule has 17 heteroatoms. The van der Waals surface area contributed by atoms with Crippen molar-refractivity contribution < 1.29 is 29.2 Å². The van der Waals surface area contributed by atoms with Gasteiger partial charge < -0.3 is 45.6 Å².